The molecule has 1 fully saturated rings. The number of rotatable bonds is 8. The number of piperazine rings is 1. The molecule has 0 aliphatic carbocycles. The molecule has 1 amide bonds. The van der Waals surface area contributed by atoms with Gasteiger partial charge in [0.25, 0.3) is 5.91 Å². The van der Waals surface area contributed by atoms with Crippen LogP contribution in [-0.4, -0.2) is 76.2 Å². The number of hydrogen-bond donors (Lipinski definition) is 1. The highest BCUT2D eigenvalue weighted by atomic mass is 32.2. The maximum atomic E-state index is 12.0. The molecule has 8 heteroatoms. The Kier molecular flexibility index (Phi) is 7.37. The monoisotopic (exact) mass is 369 g/mol. The summed E-state index contributed by atoms with van der Waals surface area (Å²) in [6, 6.07) is 7.56. The normalized spacial score (nSPS) is 16.7. The molecule has 0 unspecified atom stereocenters. The van der Waals surface area contributed by atoms with Crippen LogP contribution in [0.15, 0.2) is 24.3 Å². The van der Waals surface area contributed by atoms with Crippen LogP contribution >= 0.6 is 0 Å². The Bertz CT molecular complexity index is 653. The van der Waals surface area contributed by atoms with Gasteiger partial charge in [0.15, 0.2) is 0 Å². The summed E-state index contributed by atoms with van der Waals surface area (Å²) in [4.78, 5) is 14.2. The lowest BCUT2D eigenvalue weighted by Gasteiger charge is -2.33. The molecule has 0 bridgehead atoms. The van der Waals surface area contributed by atoms with Gasteiger partial charge >= 0.3 is 0 Å². The van der Waals surface area contributed by atoms with Gasteiger partial charge in [-0.05, 0) is 24.1 Å². The van der Waals surface area contributed by atoms with Gasteiger partial charge in [0.1, 0.15) is 0 Å². The fraction of sp³-hybridized carbons (Fsp3) is 0.588. The highest BCUT2D eigenvalue weighted by Gasteiger charge is 2.23. The maximum Gasteiger partial charge on any atom is 0.251 e. The molecule has 140 valence electrons. The summed E-state index contributed by atoms with van der Waals surface area (Å²) in [6.07, 6.45) is 2.04. The van der Waals surface area contributed by atoms with E-state index in [9.17, 15) is 13.2 Å². The minimum Gasteiger partial charge on any atom is -0.385 e. The van der Waals surface area contributed by atoms with Crippen LogP contribution in [0.3, 0.4) is 0 Å². The number of hydrogen-bond acceptors (Lipinski definition) is 5. The molecule has 0 saturated carbocycles. The smallest absolute Gasteiger partial charge is 0.251 e. The molecule has 7 nitrogen and oxygen atoms in total. The molecule has 25 heavy (non-hydrogen) atoms. The number of carbonyl (C=O) groups is 1. The van der Waals surface area contributed by atoms with E-state index < -0.39 is 10.0 Å². The molecule has 1 aliphatic rings. The Morgan fingerprint density at radius 3 is 2.36 bits per heavy atom. The third-order valence-electron chi connectivity index (χ3n) is 4.23. The number of nitrogens with one attached hydrogen (secondary N) is 1. The van der Waals surface area contributed by atoms with Crippen molar-refractivity contribution < 1.29 is 17.9 Å². The molecule has 0 radical (unpaired) electrons. The van der Waals surface area contributed by atoms with Crippen molar-refractivity contribution in [2.24, 2.45) is 0 Å². The molecular weight excluding hydrogens is 342 g/mol. The summed E-state index contributed by atoms with van der Waals surface area (Å²) in [5, 5.41) is 2.86. The van der Waals surface area contributed by atoms with Gasteiger partial charge in [0.2, 0.25) is 10.0 Å². The lowest BCUT2D eigenvalue weighted by atomic mass is 10.1. The molecule has 0 atom stereocenters. The number of ether oxygens (including phenoxy) is 1. The van der Waals surface area contributed by atoms with Crippen molar-refractivity contribution in [2.45, 2.75) is 13.0 Å². The Morgan fingerprint density at radius 2 is 1.80 bits per heavy atom. The van der Waals surface area contributed by atoms with Crippen molar-refractivity contribution in [3.63, 3.8) is 0 Å². The first kappa shape index (κ1) is 19.8. The highest BCUT2D eigenvalue weighted by molar-refractivity contribution is 7.88. The predicted molar refractivity (Wildman–Crippen MR) is 97.0 cm³/mol. The van der Waals surface area contributed by atoms with E-state index in [1.165, 1.54) is 10.6 Å². The van der Waals surface area contributed by atoms with Gasteiger partial charge in [-0.2, -0.15) is 4.31 Å². The first-order valence-electron chi connectivity index (χ1n) is 8.43. The lowest BCUT2D eigenvalue weighted by Crippen LogP contribution is -2.47. The Balaban J connectivity index is 1.80. The van der Waals surface area contributed by atoms with E-state index in [-0.39, 0.29) is 5.91 Å². The van der Waals surface area contributed by atoms with Crippen molar-refractivity contribution >= 4 is 15.9 Å². The molecule has 1 saturated heterocycles. The second-order valence-electron chi connectivity index (χ2n) is 6.24. The summed E-state index contributed by atoms with van der Waals surface area (Å²) in [5.41, 5.74) is 1.76. The first-order chi connectivity index (χ1) is 11.9. The fourth-order valence-electron chi connectivity index (χ4n) is 2.76. The van der Waals surface area contributed by atoms with Crippen molar-refractivity contribution in [1.82, 2.24) is 14.5 Å². The third kappa shape index (κ3) is 6.39. The molecule has 0 spiro atoms. The van der Waals surface area contributed by atoms with Crippen LogP contribution in [0.2, 0.25) is 0 Å². The van der Waals surface area contributed by atoms with E-state index in [2.05, 4.69) is 10.2 Å². The van der Waals surface area contributed by atoms with Crippen molar-refractivity contribution in [3.05, 3.63) is 35.4 Å². The van der Waals surface area contributed by atoms with E-state index in [4.69, 9.17) is 4.74 Å². The number of sulfonamides is 1. The van der Waals surface area contributed by atoms with Gasteiger partial charge in [-0.25, -0.2) is 8.42 Å². The average molecular weight is 369 g/mol. The fourth-order valence-corrected chi connectivity index (χ4v) is 3.59. The molecule has 2 rings (SSSR count). The van der Waals surface area contributed by atoms with Crippen LogP contribution in [0, 0.1) is 0 Å². The van der Waals surface area contributed by atoms with E-state index >= 15 is 0 Å². The van der Waals surface area contributed by atoms with E-state index in [0.717, 1.165) is 31.6 Å². The second-order valence-corrected chi connectivity index (χ2v) is 8.22. The van der Waals surface area contributed by atoms with Gasteiger partial charge in [-0.1, -0.05) is 12.1 Å². The summed E-state index contributed by atoms with van der Waals surface area (Å²) < 4.78 is 29.5. The van der Waals surface area contributed by atoms with Crippen molar-refractivity contribution in [2.75, 3.05) is 52.7 Å². The minimum absolute atomic E-state index is 0.0792. The summed E-state index contributed by atoms with van der Waals surface area (Å²) in [6.45, 7) is 4.48. The Labute approximate surface area is 150 Å². The topological polar surface area (TPSA) is 79.0 Å². The maximum absolute atomic E-state index is 12.0. The molecule has 0 aromatic heterocycles. The van der Waals surface area contributed by atoms with E-state index in [1.54, 1.807) is 7.11 Å². The zero-order valence-electron chi connectivity index (χ0n) is 14.9. The largest absolute Gasteiger partial charge is 0.385 e. The molecule has 1 N–H and O–H groups in total. The average Bonchev–Trinajstić information content (AvgIpc) is 2.59. The Morgan fingerprint density at radius 1 is 1.16 bits per heavy atom. The quantitative estimate of drug-likeness (QED) is 0.676. The predicted octanol–water partition coefficient (Wildman–Crippen LogP) is 0.530. The number of nitrogens with zero attached hydrogens (tertiary/aromatic N) is 2. The van der Waals surface area contributed by atoms with Gasteiger partial charge in [0.05, 0.1) is 6.26 Å². The first-order valence-corrected chi connectivity index (χ1v) is 10.3. The van der Waals surface area contributed by atoms with E-state index in [0.29, 0.717) is 31.8 Å². The number of methoxy groups -OCH3 is 1. The minimum atomic E-state index is -3.09. The second kappa shape index (κ2) is 9.28. The van der Waals surface area contributed by atoms with Gasteiger partial charge < -0.3 is 10.1 Å². The lowest BCUT2D eigenvalue weighted by molar-refractivity contribution is 0.0948. The number of carbonyl (C=O) groups excluding carboxylic acids is 1. The van der Waals surface area contributed by atoms with Crippen LogP contribution in [0.4, 0.5) is 0 Å². The molecule has 1 aromatic rings. The molecule has 1 aromatic carbocycles. The zero-order chi connectivity index (χ0) is 18.3. The number of benzene rings is 1. The van der Waals surface area contributed by atoms with Crippen LogP contribution in [0.25, 0.3) is 0 Å². The molecule has 1 heterocycles. The summed E-state index contributed by atoms with van der Waals surface area (Å²) >= 11 is 0. The molecular formula is C17H27N3O4S. The van der Waals surface area contributed by atoms with E-state index in [1.807, 2.05) is 24.3 Å². The SMILES string of the molecule is COCCCNC(=O)c1ccc(CN2CCN(S(C)(=O)=O)CC2)cc1. The standard InChI is InChI=1S/C17H27N3O4S/c1-24-13-3-8-18-17(21)16-6-4-15(5-7-16)14-19-9-11-20(12-10-19)25(2,22)23/h4-7H,3,8-14H2,1-2H3,(H,18,21). The zero-order valence-corrected chi connectivity index (χ0v) is 15.7. The summed E-state index contributed by atoms with van der Waals surface area (Å²) in [5.74, 6) is -0.0792. The van der Waals surface area contributed by atoms with Crippen LogP contribution in [0.5, 0.6) is 0 Å². The van der Waals surface area contributed by atoms with Crippen LogP contribution < -0.4 is 5.32 Å². The van der Waals surface area contributed by atoms with Crippen LogP contribution in [-0.2, 0) is 21.3 Å². The third-order valence-corrected chi connectivity index (χ3v) is 5.54. The van der Waals surface area contributed by atoms with Crippen LogP contribution in [0.1, 0.15) is 22.3 Å². The summed E-state index contributed by atoms with van der Waals surface area (Å²) in [7, 11) is -1.45. The number of amides is 1. The van der Waals surface area contributed by atoms with Crippen molar-refractivity contribution in [3.8, 4) is 0 Å². The van der Waals surface area contributed by atoms with Gasteiger partial charge in [-0.15, -0.1) is 0 Å². The molecule has 1 aliphatic heterocycles. The Hall–Kier alpha value is -1.48. The highest BCUT2D eigenvalue weighted by Crippen LogP contribution is 2.11. The van der Waals surface area contributed by atoms with Crippen molar-refractivity contribution in [1.29, 1.82) is 0 Å². The van der Waals surface area contributed by atoms with Gasteiger partial charge in [-0.3, -0.25) is 9.69 Å². The van der Waals surface area contributed by atoms with Gasteiger partial charge in [0, 0.05) is 58.5 Å².